The number of anilines is 1. The SMILES string of the molecule is O=C(NCC1CCN(C(=O)Nc2ccc(F)cc2)CC1)C(=O)NCC1CCCO1. The normalized spacial score (nSPS) is 19.6. The third-order valence-corrected chi connectivity index (χ3v) is 5.27. The van der Waals surface area contributed by atoms with Gasteiger partial charge in [0.05, 0.1) is 6.10 Å². The lowest BCUT2D eigenvalue weighted by molar-refractivity contribution is -0.139. The van der Waals surface area contributed by atoms with Crippen LogP contribution in [0.1, 0.15) is 25.7 Å². The summed E-state index contributed by atoms with van der Waals surface area (Å²) in [5, 5.41) is 8.01. The first kappa shape index (κ1) is 21.0. The minimum Gasteiger partial charge on any atom is -0.376 e. The molecule has 0 aromatic heterocycles. The quantitative estimate of drug-likeness (QED) is 0.645. The summed E-state index contributed by atoms with van der Waals surface area (Å²) in [6.07, 6.45) is 3.34. The molecule has 2 aliphatic heterocycles. The number of urea groups is 1. The Morgan fingerprint density at radius 3 is 2.28 bits per heavy atom. The van der Waals surface area contributed by atoms with Gasteiger partial charge in [-0.25, -0.2) is 9.18 Å². The maximum atomic E-state index is 12.9. The van der Waals surface area contributed by atoms with Crippen molar-refractivity contribution in [3.8, 4) is 0 Å². The number of rotatable bonds is 5. The molecule has 2 saturated heterocycles. The molecule has 2 fully saturated rings. The van der Waals surface area contributed by atoms with Gasteiger partial charge in [0.15, 0.2) is 0 Å². The summed E-state index contributed by atoms with van der Waals surface area (Å²) in [4.78, 5) is 37.7. The first-order chi connectivity index (χ1) is 14.0. The number of benzene rings is 1. The van der Waals surface area contributed by atoms with Crippen molar-refractivity contribution < 1.29 is 23.5 Å². The van der Waals surface area contributed by atoms with Crippen molar-refractivity contribution in [3.05, 3.63) is 30.1 Å². The highest BCUT2D eigenvalue weighted by atomic mass is 19.1. The van der Waals surface area contributed by atoms with Gasteiger partial charge in [-0.1, -0.05) is 0 Å². The van der Waals surface area contributed by atoms with E-state index in [1.54, 1.807) is 4.90 Å². The van der Waals surface area contributed by atoms with E-state index in [1.807, 2.05) is 0 Å². The summed E-state index contributed by atoms with van der Waals surface area (Å²) in [5.74, 6) is -1.43. The van der Waals surface area contributed by atoms with Gasteiger partial charge in [-0.2, -0.15) is 0 Å². The molecule has 8 nitrogen and oxygen atoms in total. The molecule has 0 radical (unpaired) electrons. The average molecular weight is 406 g/mol. The van der Waals surface area contributed by atoms with Crippen LogP contribution in [0.15, 0.2) is 24.3 Å². The van der Waals surface area contributed by atoms with E-state index >= 15 is 0 Å². The zero-order chi connectivity index (χ0) is 20.6. The molecule has 158 valence electrons. The fraction of sp³-hybridized carbons (Fsp3) is 0.550. The van der Waals surface area contributed by atoms with Crippen molar-refractivity contribution in [2.24, 2.45) is 5.92 Å². The molecule has 3 rings (SSSR count). The van der Waals surface area contributed by atoms with Crippen LogP contribution in [0.3, 0.4) is 0 Å². The number of likely N-dealkylation sites (tertiary alicyclic amines) is 1. The van der Waals surface area contributed by atoms with Gasteiger partial charge in [-0.15, -0.1) is 0 Å². The number of halogens is 1. The third kappa shape index (κ3) is 6.42. The lowest BCUT2D eigenvalue weighted by Gasteiger charge is -2.32. The Labute approximate surface area is 169 Å². The predicted molar refractivity (Wildman–Crippen MR) is 105 cm³/mol. The summed E-state index contributed by atoms with van der Waals surface area (Å²) in [6, 6.07) is 5.38. The van der Waals surface area contributed by atoms with Gasteiger partial charge in [0.25, 0.3) is 0 Å². The second-order valence-electron chi connectivity index (χ2n) is 7.42. The Morgan fingerprint density at radius 1 is 1.00 bits per heavy atom. The van der Waals surface area contributed by atoms with Crippen LogP contribution < -0.4 is 16.0 Å². The van der Waals surface area contributed by atoms with Crippen LogP contribution in [-0.4, -0.2) is 61.6 Å². The van der Waals surface area contributed by atoms with E-state index in [0.29, 0.717) is 38.5 Å². The van der Waals surface area contributed by atoms with E-state index < -0.39 is 11.8 Å². The van der Waals surface area contributed by atoms with Gasteiger partial charge in [0, 0.05) is 38.5 Å². The van der Waals surface area contributed by atoms with Gasteiger partial charge in [0.1, 0.15) is 5.82 Å². The van der Waals surface area contributed by atoms with Crippen LogP contribution in [-0.2, 0) is 14.3 Å². The predicted octanol–water partition coefficient (Wildman–Crippen LogP) is 1.48. The highest BCUT2D eigenvalue weighted by Crippen LogP contribution is 2.18. The van der Waals surface area contributed by atoms with Crippen molar-refractivity contribution in [3.63, 3.8) is 0 Å². The fourth-order valence-corrected chi connectivity index (χ4v) is 3.49. The highest BCUT2D eigenvalue weighted by molar-refractivity contribution is 6.35. The Kier molecular flexibility index (Phi) is 7.40. The van der Waals surface area contributed by atoms with E-state index in [2.05, 4.69) is 16.0 Å². The van der Waals surface area contributed by atoms with Gasteiger partial charge in [-0.05, 0) is 55.9 Å². The number of hydrogen-bond acceptors (Lipinski definition) is 4. The molecule has 0 bridgehead atoms. The number of hydrogen-bond donors (Lipinski definition) is 3. The summed E-state index contributed by atoms with van der Waals surface area (Å²) in [6.45, 7) is 2.57. The number of piperidine rings is 1. The highest BCUT2D eigenvalue weighted by Gasteiger charge is 2.24. The molecule has 1 unspecified atom stereocenters. The van der Waals surface area contributed by atoms with Crippen LogP contribution in [0, 0.1) is 11.7 Å². The third-order valence-electron chi connectivity index (χ3n) is 5.27. The van der Waals surface area contributed by atoms with Crippen LogP contribution in [0.4, 0.5) is 14.9 Å². The standard InChI is InChI=1S/C20H27FN4O4/c21-15-3-5-16(6-4-15)24-20(28)25-9-7-14(8-10-25)12-22-18(26)19(27)23-13-17-2-1-11-29-17/h3-6,14,17H,1-2,7-13H2,(H,22,26)(H,23,27)(H,24,28). The van der Waals surface area contributed by atoms with E-state index in [1.165, 1.54) is 24.3 Å². The number of amides is 4. The Balaban J connectivity index is 1.32. The number of nitrogens with one attached hydrogen (secondary N) is 3. The van der Waals surface area contributed by atoms with Gasteiger partial charge < -0.3 is 25.6 Å². The van der Waals surface area contributed by atoms with Gasteiger partial charge in [-0.3, -0.25) is 9.59 Å². The molecule has 0 spiro atoms. The molecular weight excluding hydrogens is 379 g/mol. The molecule has 2 heterocycles. The molecule has 2 aliphatic rings. The summed E-state index contributed by atoms with van der Waals surface area (Å²) < 4.78 is 18.3. The van der Waals surface area contributed by atoms with E-state index in [0.717, 1.165) is 25.7 Å². The second kappa shape index (κ2) is 10.2. The molecule has 1 atom stereocenters. The van der Waals surface area contributed by atoms with Crippen molar-refractivity contribution in [1.82, 2.24) is 15.5 Å². The van der Waals surface area contributed by atoms with Crippen molar-refractivity contribution in [1.29, 1.82) is 0 Å². The second-order valence-corrected chi connectivity index (χ2v) is 7.42. The lowest BCUT2D eigenvalue weighted by atomic mass is 9.97. The smallest absolute Gasteiger partial charge is 0.321 e. The summed E-state index contributed by atoms with van der Waals surface area (Å²) >= 11 is 0. The van der Waals surface area contributed by atoms with Crippen molar-refractivity contribution in [2.75, 3.05) is 38.1 Å². The van der Waals surface area contributed by atoms with Crippen LogP contribution in [0.5, 0.6) is 0 Å². The molecular formula is C20H27FN4O4. The maximum absolute atomic E-state index is 12.9. The summed E-state index contributed by atoms with van der Waals surface area (Å²) in [5.41, 5.74) is 0.541. The van der Waals surface area contributed by atoms with Crippen LogP contribution >= 0.6 is 0 Å². The number of nitrogens with zero attached hydrogens (tertiary/aromatic N) is 1. The Morgan fingerprint density at radius 2 is 1.66 bits per heavy atom. The molecule has 0 saturated carbocycles. The zero-order valence-electron chi connectivity index (χ0n) is 16.3. The maximum Gasteiger partial charge on any atom is 0.321 e. The minimum absolute atomic E-state index is 0.00265. The monoisotopic (exact) mass is 406 g/mol. The number of ether oxygens (including phenoxy) is 1. The molecule has 29 heavy (non-hydrogen) atoms. The largest absolute Gasteiger partial charge is 0.376 e. The number of carbonyl (C=O) groups excluding carboxylic acids is 3. The molecule has 9 heteroatoms. The van der Waals surface area contributed by atoms with Crippen molar-refractivity contribution in [2.45, 2.75) is 31.8 Å². The van der Waals surface area contributed by atoms with E-state index in [-0.39, 0.29) is 23.9 Å². The molecule has 0 aliphatic carbocycles. The lowest BCUT2D eigenvalue weighted by Crippen LogP contribution is -2.46. The minimum atomic E-state index is -0.642. The summed E-state index contributed by atoms with van der Waals surface area (Å²) in [7, 11) is 0. The van der Waals surface area contributed by atoms with Crippen LogP contribution in [0.2, 0.25) is 0 Å². The topological polar surface area (TPSA) is 99.8 Å². The zero-order valence-corrected chi connectivity index (χ0v) is 16.3. The van der Waals surface area contributed by atoms with Crippen molar-refractivity contribution >= 4 is 23.5 Å². The van der Waals surface area contributed by atoms with Gasteiger partial charge >= 0.3 is 17.8 Å². The first-order valence-corrected chi connectivity index (χ1v) is 10.0. The van der Waals surface area contributed by atoms with Crippen LogP contribution in [0.25, 0.3) is 0 Å². The average Bonchev–Trinajstić information content (AvgIpc) is 3.26. The first-order valence-electron chi connectivity index (χ1n) is 10.0. The van der Waals surface area contributed by atoms with E-state index in [4.69, 9.17) is 4.74 Å². The number of carbonyl (C=O) groups is 3. The molecule has 4 amide bonds. The Hall–Kier alpha value is -2.68. The fourth-order valence-electron chi connectivity index (χ4n) is 3.49. The van der Waals surface area contributed by atoms with E-state index in [9.17, 15) is 18.8 Å². The van der Waals surface area contributed by atoms with Gasteiger partial charge in [0.2, 0.25) is 0 Å². The Bertz CT molecular complexity index is 714. The molecule has 3 N–H and O–H groups in total. The molecule has 1 aromatic rings. The molecule has 1 aromatic carbocycles.